The molecule has 0 fully saturated rings. The SMILES string of the molecule is Cc1ccc(C2=NN(S(=O)(=O)c3ccccc3)[C@@H](c3cccc(Cl)c3)C2)cc1. The van der Waals surface area contributed by atoms with Crippen molar-refractivity contribution in [2.75, 3.05) is 0 Å². The Morgan fingerprint density at radius 1 is 0.964 bits per heavy atom. The van der Waals surface area contributed by atoms with E-state index in [9.17, 15) is 8.42 Å². The molecule has 6 heteroatoms. The zero-order valence-electron chi connectivity index (χ0n) is 15.3. The molecule has 28 heavy (non-hydrogen) atoms. The first kappa shape index (κ1) is 18.7. The van der Waals surface area contributed by atoms with Gasteiger partial charge in [0.1, 0.15) is 0 Å². The summed E-state index contributed by atoms with van der Waals surface area (Å²) in [6.07, 6.45) is 0.482. The van der Waals surface area contributed by atoms with E-state index < -0.39 is 16.1 Å². The van der Waals surface area contributed by atoms with Crippen LogP contribution in [0.1, 0.15) is 29.2 Å². The van der Waals surface area contributed by atoms with Gasteiger partial charge in [0.25, 0.3) is 10.0 Å². The third-order valence-corrected chi connectivity index (χ3v) is 6.71. The lowest BCUT2D eigenvalue weighted by atomic mass is 9.99. The molecule has 1 heterocycles. The van der Waals surface area contributed by atoms with Crippen LogP contribution in [0.25, 0.3) is 0 Å². The molecule has 0 amide bonds. The van der Waals surface area contributed by atoms with E-state index >= 15 is 0 Å². The molecular weight excluding hydrogens is 392 g/mol. The van der Waals surface area contributed by atoms with Crippen molar-refractivity contribution in [1.29, 1.82) is 0 Å². The smallest absolute Gasteiger partial charge is 0.200 e. The monoisotopic (exact) mass is 410 g/mol. The molecule has 0 unspecified atom stereocenters. The molecule has 0 N–H and O–H groups in total. The largest absolute Gasteiger partial charge is 0.279 e. The van der Waals surface area contributed by atoms with Gasteiger partial charge in [0.15, 0.2) is 0 Å². The average molecular weight is 411 g/mol. The molecule has 0 radical (unpaired) electrons. The van der Waals surface area contributed by atoms with E-state index in [0.717, 1.165) is 22.4 Å². The molecule has 1 aliphatic heterocycles. The molecule has 4 nitrogen and oxygen atoms in total. The van der Waals surface area contributed by atoms with Crippen LogP contribution < -0.4 is 0 Å². The molecule has 0 aliphatic carbocycles. The van der Waals surface area contributed by atoms with Gasteiger partial charge in [0.05, 0.1) is 16.6 Å². The maximum Gasteiger partial charge on any atom is 0.279 e. The van der Waals surface area contributed by atoms with Crippen molar-refractivity contribution in [2.24, 2.45) is 5.10 Å². The predicted molar refractivity (Wildman–Crippen MR) is 112 cm³/mol. The van der Waals surface area contributed by atoms with Gasteiger partial charge in [-0.25, -0.2) is 0 Å². The first-order chi connectivity index (χ1) is 13.4. The molecule has 1 atom stereocenters. The second-order valence-electron chi connectivity index (χ2n) is 6.78. The lowest BCUT2D eigenvalue weighted by molar-refractivity contribution is 0.371. The summed E-state index contributed by atoms with van der Waals surface area (Å²) in [7, 11) is -3.80. The molecule has 3 aromatic carbocycles. The minimum atomic E-state index is -3.80. The van der Waals surface area contributed by atoms with Crippen LogP contribution in [0.4, 0.5) is 0 Å². The van der Waals surface area contributed by atoms with Gasteiger partial charge in [-0.15, -0.1) is 0 Å². The highest BCUT2D eigenvalue weighted by molar-refractivity contribution is 7.89. The molecule has 0 saturated carbocycles. The molecule has 0 saturated heterocycles. The molecule has 0 aromatic heterocycles. The van der Waals surface area contributed by atoms with Crippen LogP contribution in [-0.2, 0) is 10.0 Å². The van der Waals surface area contributed by atoms with Crippen LogP contribution in [-0.4, -0.2) is 18.5 Å². The fraction of sp³-hybridized carbons (Fsp3) is 0.136. The fourth-order valence-corrected chi connectivity index (χ4v) is 4.95. The number of nitrogens with zero attached hydrogens (tertiary/aromatic N) is 2. The van der Waals surface area contributed by atoms with Crippen LogP contribution in [0.5, 0.6) is 0 Å². The molecule has 0 spiro atoms. The van der Waals surface area contributed by atoms with Gasteiger partial charge in [-0.1, -0.05) is 71.8 Å². The minimum absolute atomic E-state index is 0.218. The summed E-state index contributed by atoms with van der Waals surface area (Å²) in [5, 5.41) is 5.11. The quantitative estimate of drug-likeness (QED) is 0.594. The van der Waals surface area contributed by atoms with Gasteiger partial charge in [-0.2, -0.15) is 17.9 Å². The molecule has 3 aromatic rings. The van der Waals surface area contributed by atoms with Gasteiger partial charge in [0.2, 0.25) is 0 Å². The lowest BCUT2D eigenvalue weighted by Gasteiger charge is -2.23. The highest BCUT2D eigenvalue weighted by atomic mass is 35.5. The standard InChI is InChI=1S/C22H19ClN2O2S/c1-16-10-12-17(13-11-16)21-15-22(18-6-5-7-19(23)14-18)25(24-21)28(26,27)20-8-3-2-4-9-20/h2-14,22H,15H2,1H3/t22-/m1/s1. The summed E-state index contributed by atoms with van der Waals surface area (Å²) >= 11 is 6.17. The van der Waals surface area contributed by atoms with E-state index in [2.05, 4.69) is 5.10 Å². The van der Waals surface area contributed by atoms with Crippen molar-refractivity contribution in [3.05, 3.63) is 101 Å². The Morgan fingerprint density at radius 2 is 1.68 bits per heavy atom. The van der Waals surface area contributed by atoms with Gasteiger partial charge < -0.3 is 0 Å². The van der Waals surface area contributed by atoms with Crippen LogP contribution >= 0.6 is 11.6 Å². The summed E-state index contributed by atoms with van der Waals surface area (Å²) < 4.78 is 27.9. The van der Waals surface area contributed by atoms with E-state index in [1.165, 1.54) is 4.41 Å². The molecule has 1 aliphatic rings. The van der Waals surface area contributed by atoms with Crippen molar-refractivity contribution in [3.63, 3.8) is 0 Å². The van der Waals surface area contributed by atoms with Crippen molar-refractivity contribution < 1.29 is 8.42 Å². The predicted octanol–water partition coefficient (Wildman–Crippen LogP) is 5.19. The zero-order valence-corrected chi connectivity index (χ0v) is 16.9. The maximum atomic E-state index is 13.3. The third-order valence-electron chi connectivity index (χ3n) is 4.78. The molecule has 4 rings (SSSR count). The number of halogens is 1. The van der Waals surface area contributed by atoms with Crippen LogP contribution in [0.2, 0.25) is 5.02 Å². The van der Waals surface area contributed by atoms with Crippen LogP contribution in [0, 0.1) is 6.92 Å². The highest BCUT2D eigenvalue weighted by Gasteiger charge is 2.37. The van der Waals surface area contributed by atoms with E-state index in [0.29, 0.717) is 11.4 Å². The lowest BCUT2D eigenvalue weighted by Crippen LogP contribution is -2.27. The van der Waals surface area contributed by atoms with Crippen molar-refractivity contribution in [1.82, 2.24) is 4.41 Å². The van der Waals surface area contributed by atoms with Crippen molar-refractivity contribution >= 4 is 27.3 Å². The fourth-order valence-electron chi connectivity index (χ4n) is 3.29. The van der Waals surface area contributed by atoms with Crippen LogP contribution in [0.15, 0.2) is 88.9 Å². The number of hydrogen-bond donors (Lipinski definition) is 0. The third kappa shape index (κ3) is 3.55. The Balaban J connectivity index is 1.81. The number of rotatable bonds is 4. The Kier molecular flexibility index (Phi) is 4.96. The Labute approximate surface area is 170 Å². The summed E-state index contributed by atoms with van der Waals surface area (Å²) in [5.74, 6) is 0. The Bertz CT molecular complexity index is 1130. The topological polar surface area (TPSA) is 49.7 Å². The number of hydrogen-bond acceptors (Lipinski definition) is 3. The number of hydrazone groups is 1. The molecule has 142 valence electrons. The first-order valence-corrected chi connectivity index (χ1v) is 10.8. The number of sulfonamides is 1. The van der Waals surface area contributed by atoms with Crippen LogP contribution in [0.3, 0.4) is 0 Å². The second-order valence-corrected chi connectivity index (χ2v) is 9.01. The van der Waals surface area contributed by atoms with E-state index in [4.69, 9.17) is 11.6 Å². The highest BCUT2D eigenvalue weighted by Crippen LogP contribution is 2.37. The minimum Gasteiger partial charge on any atom is -0.200 e. The summed E-state index contributed by atoms with van der Waals surface area (Å²) in [5.41, 5.74) is 3.62. The Hall–Kier alpha value is -2.63. The van der Waals surface area contributed by atoms with Gasteiger partial charge >= 0.3 is 0 Å². The van der Waals surface area contributed by atoms with Gasteiger partial charge in [-0.05, 0) is 42.3 Å². The zero-order chi connectivity index (χ0) is 19.7. The first-order valence-electron chi connectivity index (χ1n) is 8.94. The van der Waals surface area contributed by atoms with Crippen molar-refractivity contribution in [2.45, 2.75) is 24.3 Å². The summed E-state index contributed by atoms with van der Waals surface area (Å²) in [6, 6.07) is 23.2. The van der Waals surface area contributed by atoms with E-state index in [1.54, 1.807) is 42.5 Å². The van der Waals surface area contributed by atoms with Crippen molar-refractivity contribution in [3.8, 4) is 0 Å². The van der Waals surface area contributed by atoms with E-state index in [-0.39, 0.29) is 4.90 Å². The van der Waals surface area contributed by atoms with E-state index in [1.807, 2.05) is 43.3 Å². The maximum absolute atomic E-state index is 13.3. The summed E-state index contributed by atoms with van der Waals surface area (Å²) in [6.45, 7) is 2.02. The average Bonchev–Trinajstić information content (AvgIpc) is 3.16. The summed E-state index contributed by atoms with van der Waals surface area (Å²) in [4.78, 5) is 0.218. The Morgan fingerprint density at radius 3 is 2.36 bits per heavy atom. The molecule has 0 bridgehead atoms. The van der Waals surface area contributed by atoms with Gasteiger partial charge in [0, 0.05) is 11.4 Å². The molecular formula is C22H19ClN2O2S. The number of aryl methyl sites for hydroxylation is 1. The number of benzene rings is 3. The normalized spacial score (nSPS) is 16.9. The second kappa shape index (κ2) is 7.41. The van der Waals surface area contributed by atoms with Gasteiger partial charge in [-0.3, -0.25) is 0 Å².